The molecule has 0 aromatic carbocycles. The quantitative estimate of drug-likeness (QED) is 0.181. The molecule has 1 saturated carbocycles. The van der Waals surface area contributed by atoms with Gasteiger partial charge >= 0.3 is 17.9 Å². The summed E-state index contributed by atoms with van der Waals surface area (Å²) in [7, 11) is 0. The molecule has 3 aromatic heterocycles. The minimum atomic E-state index is -3.00. The van der Waals surface area contributed by atoms with Crippen LogP contribution in [-0.2, 0) is 25.5 Å². The number of aromatic carboxylic acids is 1. The van der Waals surface area contributed by atoms with E-state index in [0.717, 1.165) is 17.1 Å². The lowest BCUT2D eigenvalue weighted by Crippen LogP contribution is -2.53. The number of fused-ring (bicyclic) bond motifs is 2. The highest BCUT2D eigenvalue weighted by molar-refractivity contribution is 7.13. The Morgan fingerprint density at radius 2 is 1.97 bits per heavy atom. The van der Waals surface area contributed by atoms with Gasteiger partial charge in [-0.25, -0.2) is 28.7 Å². The Balaban J connectivity index is 1.41. The average molecular weight is 545 g/mol. The van der Waals surface area contributed by atoms with Crippen molar-refractivity contribution >= 4 is 57.8 Å². The molecule has 1 aliphatic heterocycles. The van der Waals surface area contributed by atoms with Crippen molar-refractivity contribution in [2.75, 3.05) is 5.73 Å². The van der Waals surface area contributed by atoms with Crippen LogP contribution in [0.2, 0.25) is 5.28 Å². The summed E-state index contributed by atoms with van der Waals surface area (Å²) in [6, 6.07) is 0. The molecule has 36 heavy (non-hydrogen) atoms. The lowest BCUT2D eigenvalue weighted by atomic mass is 9.98. The number of hydrogen-bond donors (Lipinski definition) is 5. The Hall–Kier alpha value is -3.51. The van der Waals surface area contributed by atoms with Crippen molar-refractivity contribution in [2.24, 2.45) is 0 Å². The number of imidazole rings is 1. The lowest BCUT2D eigenvalue weighted by Gasteiger charge is -2.28. The number of ether oxygens (including phenoxy) is 2. The smallest absolute Gasteiger partial charge is 0.365 e. The maximum Gasteiger partial charge on any atom is 0.365 e. The average Bonchev–Trinajstić information content (AvgIpc) is 3.24. The normalized spacial score (nSPS) is 27.2. The molecule has 2 fully saturated rings. The van der Waals surface area contributed by atoms with Gasteiger partial charge < -0.3 is 35.6 Å². The Bertz CT molecular complexity index is 1420. The van der Waals surface area contributed by atoms with E-state index in [0.29, 0.717) is 11.3 Å². The number of anilines is 1. The minimum Gasteiger partial charge on any atom is -0.479 e. The Morgan fingerprint density at radius 1 is 1.28 bits per heavy atom. The van der Waals surface area contributed by atoms with Crippen LogP contribution in [0.4, 0.5) is 10.2 Å². The first-order valence-electron chi connectivity index (χ1n) is 9.90. The van der Waals surface area contributed by atoms with Crippen molar-refractivity contribution in [3.63, 3.8) is 0 Å². The fourth-order valence-electron chi connectivity index (χ4n) is 4.07. The molecule has 190 valence electrons. The highest BCUT2D eigenvalue weighted by Crippen LogP contribution is 2.58. The number of nitrogen functional groups attached to an aromatic ring is 1. The number of aliphatic carboxylic acids is 2. The number of halogens is 2. The van der Waals surface area contributed by atoms with E-state index in [9.17, 15) is 29.7 Å². The van der Waals surface area contributed by atoms with E-state index in [1.165, 1.54) is 0 Å². The summed E-state index contributed by atoms with van der Waals surface area (Å²) in [6.45, 7) is 0. The molecule has 0 spiro atoms. The lowest BCUT2D eigenvalue weighted by molar-refractivity contribution is -0.194. The number of thiazole rings is 1. The number of hydrogen-bond acceptors (Lipinski definition) is 12. The van der Waals surface area contributed by atoms with Crippen LogP contribution in [0, 0.1) is 0 Å². The largest absolute Gasteiger partial charge is 0.479 e. The van der Waals surface area contributed by atoms with Gasteiger partial charge in [0.1, 0.15) is 17.7 Å². The summed E-state index contributed by atoms with van der Waals surface area (Å²) < 4.78 is 27.4. The first kappa shape index (κ1) is 24.2. The summed E-state index contributed by atoms with van der Waals surface area (Å²) in [5.74, 6) is -5.38. The molecule has 2 aliphatic rings. The van der Waals surface area contributed by atoms with Gasteiger partial charge in [0.15, 0.2) is 29.5 Å². The highest BCUT2D eigenvalue weighted by atomic mass is 35.5. The molecule has 5 rings (SSSR count). The van der Waals surface area contributed by atoms with E-state index in [2.05, 4.69) is 19.9 Å². The van der Waals surface area contributed by atoms with Gasteiger partial charge in [-0.2, -0.15) is 9.97 Å². The molecule has 18 heteroatoms. The van der Waals surface area contributed by atoms with E-state index in [-0.39, 0.29) is 27.1 Å². The SMILES string of the molecule is Nc1nc(Cl)nc2c1ncn2[C@@H]1O[C@@H]2C(OC(Cc3cnc(C(=O)O)s3)(C(=O)O)C(=O)O)[C@]2(O)[C@@H]1F. The zero-order chi connectivity index (χ0) is 26.2. The molecule has 4 heterocycles. The summed E-state index contributed by atoms with van der Waals surface area (Å²) in [4.78, 5) is 50.3. The van der Waals surface area contributed by atoms with E-state index >= 15 is 4.39 Å². The predicted molar refractivity (Wildman–Crippen MR) is 114 cm³/mol. The standard InChI is InChI=1S/C18H14ClFN6O9S/c19-16-24-9(21)5-10(25-16)26(3-23-5)12-6(20)18(33)7(34-12)8(18)35-17(14(29)30,15(31)32)1-4-2-22-11(36-4)13(27)28/h2-3,6-8,12,33H,1H2,(H,27,28)(H,29,30)(H,31,32)(H2,21,24,25)/t6-,7-,8?,12-,18+/m1/s1. The van der Waals surface area contributed by atoms with Gasteiger partial charge in [0.25, 0.3) is 5.60 Å². The molecule has 5 atom stereocenters. The molecule has 0 radical (unpaired) electrons. The molecule has 0 bridgehead atoms. The second kappa shape index (κ2) is 8.00. The number of aliphatic hydroxyl groups is 1. The van der Waals surface area contributed by atoms with Crippen molar-refractivity contribution in [3.8, 4) is 0 Å². The molecule has 6 N–H and O–H groups in total. The highest BCUT2D eigenvalue weighted by Gasteiger charge is 2.80. The first-order valence-corrected chi connectivity index (χ1v) is 11.1. The predicted octanol–water partition coefficient (Wildman–Crippen LogP) is -0.267. The van der Waals surface area contributed by atoms with Crippen molar-refractivity contribution in [1.82, 2.24) is 24.5 Å². The third kappa shape index (κ3) is 3.39. The van der Waals surface area contributed by atoms with Gasteiger partial charge in [0.2, 0.25) is 10.3 Å². The van der Waals surface area contributed by atoms with E-state index < -0.39 is 65.1 Å². The number of alkyl halides is 1. The number of aromatic nitrogens is 5. The molecular formula is C18H14ClFN6O9S. The maximum absolute atomic E-state index is 15.5. The zero-order valence-electron chi connectivity index (χ0n) is 17.5. The van der Waals surface area contributed by atoms with Gasteiger partial charge in [-0.15, -0.1) is 11.3 Å². The molecule has 15 nitrogen and oxygen atoms in total. The van der Waals surface area contributed by atoms with Crippen LogP contribution in [0.15, 0.2) is 12.5 Å². The third-order valence-electron chi connectivity index (χ3n) is 5.93. The molecule has 1 aliphatic carbocycles. The van der Waals surface area contributed by atoms with Gasteiger partial charge in [0.05, 0.1) is 6.33 Å². The second-order valence-corrected chi connectivity index (χ2v) is 9.48. The number of nitrogens with zero attached hydrogens (tertiary/aromatic N) is 5. The topological polar surface area (TPSA) is 233 Å². The van der Waals surface area contributed by atoms with Crippen LogP contribution in [0.1, 0.15) is 20.9 Å². The Labute approximate surface area is 206 Å². The first-order chi connectivity index (χ1) is 16.9. The third-order valence-corrected chi connectivity index (χ3v) is 7.08. The monoisotopic (exact) mass is 544 g/mol. The van der Waals surface area contributed by atoms with Crippen molar-refractivity contribution in [2.45, 2.75) is 42.2 Å². The van der Waals surface area contributed by atoms with E-state index in [1.807, 2.05) is 0 Å². The summed E-state index contributed by atoms with van der Waals surface area (Å²) in [5, 5.41) is 38.7. The number of carboxylic acids is 3. The maximum atomic E-state index is 15.5. The number of nitrogens with two attached hydrogens (primary N) is 1. The van der Waals surface area contributed by atoms with Gasteiger partial charge in [-0.1, -0.05) is 0 Å². The molecule has 3 aromatic rings. The Kier molecular flexibility index (Phi) is 5.38. The van der Waals surface area contributed by atoms with Gasteiger partial charge in [0, 0.05) is 17.5 Å². The number of carbonyl (C=O) groups is 3. The summed E-state index contributed by atoms with van der Waals surface area (Å²) in [5.41, 5.74) is 0.433. The van der Waals surface area contributed by atoms with Crippen molar-refractivity contribution < 1.29 is 48.7 Å². The number of rotatable bonds is 8. The molecule has 1 saturated heterocycles. The van der Waals surface area contributed by atoms with Gasteiger partial charge in [-0.3, -0.25) is 4.57 Å². The van der Waals surface area contributed by atoms with E-state index in [1.54, 1.807) is 0 Å². The van der Waals surface area contributed by atoms with Crippen LogP contribution < -0.4 is 5.73 Å². The fraction of sp³-hybridized carbons (Fsp3) is 0.389. The second-order valence-electron chi connectivity index (χ2n) is 8.03. The zero-order valence-corrected chi connectivity index (χ0v) is 19.1. The van der Waals surface area contributed by atoms with Gasteiger partial charge in [-0.05, 0) is 11.6 Å². The summed E-state index contributed by atoms with van der Waals surface area (Å²) >= 11 is 6.35. The van der Waals surface area contributed by atoms with Crippen LogP contribution >= 0.6 is 22.9 Å². The van der Waals surface area contributed by atoms with Crippen molar-refractivity contribution in [1.29, 1.82) is 0 Å². The van der Waals surface area contributed by atoms with E-state index in [4.69, 9.17) is 31.9 Å². The Morgan fingerprint density at radius 3 is 2.53 bits per heavy atom. The molecule has 1 unspecified atom stereocenters. The van der Waals surface area contributed by atoms with Crippen LogP contribution in [0.25, 0.3) is 11.2 Å². The van der Waals surface area contributed by atoms with Crippen LogP contribution in [-0.4, -0.2) is 92.4 Å². The van der Waals surface area contributed by atoms with Crippen LogP contribution in [0.3, 0.4) is 0 Å². The summed E-state index contributed by atoms with van der Waals surface area (Å²) in [6.07, 6.45) is -5.58. The minimum absolute atomic E-state index is 0.00682. The molecule has 0 amide bonds. The number of carboxylic acid groups (broad SMARTS) is 3. The molecular weight excluding hydrogens is 531 g/mol. The van der Waals surface area contributed by atoms with Crippen LogP contribution in [0.5, 0.6) is 0 Å². The van der Waals surface area contributed by atoms with Crippen molar-refractivity contribution in [3.05, 3.63) is 27.7 Å². The fourth-order valence-corrected chi connectivity index (χ4v) is 5.06.